The third-order valence-corrected chi connectivity index (χ3v) is 3.99. The number of pyridine rings is 1. The van der Waals surface area contributed by atoms with E-state index in [0.29, 0.717) is 17.4 Å². The molecule has 0 saturated heterocycles. The Morgan fingerprint density at radius 2 is 1.96 bits per heavy atom. The SMILES string of the molecule is CC(C)CNc1cccc(C2=CN=NC2(c2ccc(F)cc2)[N+](=O)[O-])n1. The quantitative estimate of drug-likeness (QED) is 0.620. The van der Waals surface area contributed by atoms with Crippen LogP contribution in [-0.2, 0) is 5.66 Å². The number of hydrogen-bond donors (Lipinski definition) is 1. The van der Waals surface area contributed by atoms with E-state index < -0.39 is 16.4 Å². The third-order valence-electron chi connectivity index (χ3n) is 3.99. The number of nitro groups is 1. The van der Waals surface area contributed by atoms with Gasteiger partial charge in [-0.2, -0.15) is 5.11 Å². The lowest BCUT2D eigenvalue weighted by atomic mass is 9.91. The molecule has 0 spiro atoms. The molecule has 1 aromatic heterocycles. The predicted molar refractivity (Wildman–Crippen MR) is 95.5 cm³/mol. The first-order chi connectivity index (χ1) is 12.4. The lowest BCUT2D eigenvalue weighted by Gasteiger charge is -2.20. The van der Waals surface area contributed by atoms with Gasteiger partial charge in [-0.25, -0.2) is 9.37 Å². The lowest BCUT2D eigenvalue weighted by molar-refractivity contribution is -0.558. The number of nitrogens with one attached hydrogen (secondary N) is 1. The van der Waals surface area contributed by atoms with Crippen molar-refractivity contribution in [1.29, 1.82) is 0 Å². The van der Waals surface area contributed by atoms with Crippen LogP contribution in [0.3, 0.4) is 0 Å². The van der Waals surface area contributed by atoms with Gasteiger partial charge in [-0.05, 0) is 42.3 Å². The highest BCUT2D eigenvalue weighted by molar-refractivity contribution is 5.73. The molecule has 0 amide bonds. The number of benzene rings is 1. The van der Waals surface area contributed by atoms with Crippen LogP contribution in [0, 0.1) is 21.8 Å². The number of nitrogens with zero attached hydrogens (tertiary/aromatic N) is 4. The Hall–Kier alpha value is -3.16. The Bertz CT molecular complexity index is 879. The van der Waals surface area contributed by atoms with Crippen LogP contribution < -0.4 is 5.32 Å². The van der Waals surface area contributed by atoms with Crippen molar-refractivity contribution < 1.29 is 9.31 Å². The molecule has 7 nitrogen and oxygen atoms in total. The van der Waals surface area contributed by atoms with Gasteiger partial charge in [0.1, 0.15) is 17.2 Å². The number of hydrogen-bond acceptors (Lipinski definition) is 6. The zero-order valence-corrected chi connectivity index (χ0v) is 14.4. The van der Waals surface area contributed by atoms with E-state index in [0.717, 1.165) is 6.54 Å². The van der Waals surface area contributed by atoms with Gasteiger partial charge in [-0.15, -0.1) is 0 Å². The van der Waals surface area contributed by atoms with E-state index in [1.165, 1.54) is 30.5 Å². The Labute approximate surface area is 149 Å². The van der Waals surface area contributed by atoms with Crippen molar-refractivity contribution in [2.24, 2.45) is 16.1 Å². The molecule has 2 aromatic rings. The summed E-state index contributed by atoms with van der Waals surface area (Å²) in [4.78, 5) is 15.9. The van der Waals surface area contributed by atoms with Crippen LogP contribution in [0.1, 0.15) is 25.1 Å². The summed E-state index contributed by atoms with van der Waals surface area (Å²) in [6.45, 7) is 4.86. The molecule has 0 bridgehead atoms. The number of halogens is 1. The molecule has 26 heavy (non-hydrogen) atoms. The van der Waals surface area contributed by atoms with E-state index in [-0.39, 0.29) is 11.1 Å². The fraction of sp³-hybridized carbons (Fsp3) is 0.278. The summed E-state index contributed by atoms with van der Waals surface area (Å²) in [6, 6.07) is 10.2. The maximum absolute atomic E-state index is 13.3. The van der Waals surface area contributed by atoms with Gasteiger partial charge in [0.25, 0.3) is 0 Å². The molecule has 8 heteroatoms. The van der Waals surface area contributed by atoms with Crippen LogP contribution in [0.2, 0.25) is 0 Å². The minimum absolute atomic E-state index is 0.221. The minimum atomic E-state index is -1.93. The Morgan fingerprint density at radius 1 is 1.23 bits per heavy atom. The number of anilines is 1. The van der Waals surface area contributed by atoms with Crippen molar-refractivity contribution in [3.63, 3.8) is 0 Å². The highest BCUT2D eigenvalue weighted by Crippen LogP contribution is 2.43. The molecular formula is C18H18FN5O2. The van der Waals surface area contributed by atoms with Crippen LogP contribution in [-0.4, -0.2) is 16.5 Å². The molecule has 0 radical (unpaired) electrons. The second-order valence-corrected chi connectivity index (χ2v) is 6.38. The molecule has 1 aliphatic rings. The van der Waals surface area contributed by atoms with Gasteiger partial charge in [0.2, 0.25) is 0 Å². The summed E-state index contributed by atoms with van der Waals surface area (Å²) in [5.41, 5.74) is -1.08. The fourth-order valence-electron chi connectivity index (χ4n) is 2.69. The molecule has 1 atom stereocenters. The van der Waals surface area contributed by atoms with E-state index in [1.807, 2.05) is 0 Å². The van der Waals surface area contributed by atoms with Gasteiger partial charge in [0, 0.05) is 6.54 Å². The van der Waals surface area contributed by atoms with Gasteiger partial charge in [0.15, 0.2) is 0 Å². The van der Waals surface area contributed by atoms with Crippen molar-refractivity contribution in [1.82, 2.24) is 4.98 Å². The molecule has 0 aliphatic carbocycles. The number of azo groups is 1. The molecule has 1 unspecified atom stereocenters. The number of aromatic nitrogens is 1. The molecular weight excluding hydrogens is 337 g/mol. The van der Waals surface area contributed by atoms with Crippen molar-refractivity contribution in [2.75, 3.05) is 11.9 Å². The summed E-state index contributed by atoms with van der Waals surface area (Å²) in [6.07, 6.45) is 1.33. The van der Waals surface area contributed by atoms with Crippen LogP contribution in [0.25, 0.3) is 5.57 Å². The molecule has 3 rings (SSSR count). The Kier molecular flexibility index (Phi) is 4.75. The summed E-state index contributed by atoms with van der Waals surface area (Å²) < 4.78 is 13.3. The van der Waals surface area contributed by atoms with E-state index in [9.17, 15) is 14.5 Å². The monoisotopic (exact) mass is 355 g/mol. The van der Waals surface area contributed by atoms with E-state index in [2.05, 4.69) is 34.4 Å². The summed E-state index contributed by atoms with van der Waals surface area (Å²) in [5, 5.41) is 22.8. The van der Waals surface area contributed by atoms with Crippen LogP contribution in [0.5, 0.6) is 0 Å². The zero-order chi connectivity index (χ0) is 18.7. The molecule has 1 aromatic carbocycles. The first kappa shape index (κ1) is 17.7. The van der Waals surface area contributed by atoms with Crippen LogP contribution >= 0.6 is 0 Å². The van der Waals surface area contributed by atoms with Crippen molar-refractivity contribution >= 4 is 11.4 Å². The molecule has 0 fully saturated rings. The van der Waals surface area contributed by atoms with Gasteiger partial charge in [-0.3, -0.25) is 10.1 Å². The molecule has 1 N–H and O–H groups in total. The van der Waals surface area contributed by atoms with Gasteiger partial charge in [0.05, 0.1) is 22.4 Å². The van der Waals surface area contributed by atoms with Gasteiger partial charge >= 0.3 is 5.66 Å². The van der Waals surface area contributed by atoms with E-state index in [4.69, 9.17) is 0 Å². The van der Waals surface area contributed by atoms with Crippen LogP contribution in [0.4, 0.5) is 10.2 Å². The average Bonchev–Trinajstić information content (AvgIpc) is 3.07. The highest BCUT2D eigenvalue weighted by Gasteiger charge is 2.53. The molecule has 134 valence electrons. The normalized spacial score (nSPS) is 18.8. The van der Waals surface area contributed by atoms with Gasteiger partial charge in [-0.1, -0.05) is 25.0 Å². The van der Waals surface area contributed by atoms with Gasteiger partial charge < -0.3 is 5.32 Å². The maximum Gasteiger partial charge on any atom is 0.385 e. The molecule has 0 saturated carbocycles. The largest absolute Gasteiger partial charge is 0.385 e. The highest BCUT2D eigenvalue weighted by atomic mass is 19.1. The molecule has 1 aliphatic heterocycles. The second kappa shape index (κ2) is 6.99. The zero-order valence-electron chi connectivity index (χ0n) is 14.4. The van der Waals surface area contributed by atoms with Crippen molar-refractivity contribution in [2.45, 2.75) is 19.5 Å². The average molecular weight is 355 g/mol. The fourth-order valence-corrected chi connectivity index (χ4v) is 2.69. The van der Waals surface area contributed by atoms with Crippen LogP contribution in [0.15, 0.2) is 58.9 Å². The number of rotatable bonds is 6. The first-order valence-electron chi connectivity index (χ1n) is 8.18. The third kappa shape index (κ3) is 3.17. The maximum atomic E-state index is 13.3. The van der Waals surface area contributed by atoms with Crippen molar-refractivity contribution in [3.8, 4) is 0 Å². The summed E-state index contributed by atoms with van der Waals surface area (Å²) >= 11 is 0. The van der Waals surface area contributed by atoms with Crippen molar-refractivity contribution in [3.05, 3.63) is 75.9 Å². The van der Waals surface area contributed by atoms with E-state index in [1.54, 1.807) is 18.2 Å². The smallest absolute Gasteiger partial charge is 0.370 e. The topological polar surface area (TPSA) is 92.8 Å². The minimum Gasteiger partial charge on any atom is -0.370 e. The first-order valence-corrected chi connectivity index (χ1v) is 8.18. The predicted octanol–water partition coefficient (Wildman–Crippen LogP) is 4.23. The second-order valence-electron chi connectivity index (χ2n) is 6.38. The standard InChI is InChI=1S/C18H18FN5O2/c1-12(2)10-20-17-5-3-4-16(22-17)15-11-21-23-18(15,24(25)26)13-6-8-14(19)9-7-13/h3-9,11-12H,10H2,1-2H3,(H,20,22). The Balaban J connectivity index is 2.02. The van der Waals surface area contributed by atoms with E-state index >= 15 is 0 Å². The lowest BCUT2D eigenvalue weighted by Crippen LogP contribution is -2.33. The Morgan fingerprint density at radius 3 is 2.62 bits per heavy atom. The molecule has 2 heterocycles. The summed E-state index contributed by atoms with van der Waals surface area (Å²) in [7, 11) is 0. The summed E-state index contributed by atoms with van der Waals surface area (Å²) in [5.74, 6) is 0.555.